The van der Waals surface area contributed by atoms with Crippen LogP contribution in [0.15, 0.2) is 29.2 Å². The summed E-state index contributed by atoms with van der Waals surface area (Å²) < 4.78 is 65.6. The second kappa shape index (κ2) is 6.56. The molecule has 0 amide bonds. The molecule has 1 nitrogen and oxygen atoms in total. The van der Waals surface area contributed by atoms with E-state index in [4.69, 9.17) is 4.18 Å². The minimum absolute atomic E-state index is 0.162. The summed E-state index contributed by atoms with van der Waals surface area (Å²) in [7, 11) is 0. The second-order valence-electron chi connectivity index (χ2n) is 4.02. The number of alkyl halides is 5. The van der Waals surface area contributed by atoms with Gasteiger partial charge in [-0.2, -0.15) is 22.0 Å². The first-order valence-corrected chi connectivity index (χ1v) is 6.27. The van der Waals surface area contributed by atoms with Gasteiger partial charge in [-0.05, 0) is 25.5 Å². The van der Waals surface area contributed by atoms with Crippen LogP contribution in [0.25, 0.3) is 0 Å². The molecular weight excluding hydrogens is 287 g/mol. The van der Waals surface area contributed by atoms with Crippen LogP contribution in [0.4, 0.5) is 22.0 Å². The highest BCUT2D eigenvalue weighted by Gasteiger charge is 2.56. The van der Waals surface area contributed by atoms with Gasteiger partial charge >= 0.3 is 12.1 Å². The number of benzene rings is 1. The van der Waals surface area contributed by atoms with Crippen LogP contribution < -0.4 is 0 Å². The number of aryl methyl sites for hydroxylation is 1. The first-order valence-electron chi connectivity index (χ1n) is 5.53. The summed E-state index contributed by atoms with van der Waals surface area (Å²) in [6.45, 7) is 1.75. The summed E-state index contributed by atoms with van der Waals surface area (Å²) in [6.07, 6.45) is -7.10. The van der Waals surface area contributed by atoms with Crippen LogP contribution in [0.2, 0.25) is 0 Å². The zero-order chi connectivity index (χ0) is 14.5. The predicted molar refractivity (Wildman–Crippen MR) is 63.2 cm³/mol. The highest BCUT2D eigenvalue weighted by molar-refractivity contribution is 7.94. The van der Waals surface area contributed by atoms with Crippen LogP contribution in [-0.2, 0) is 4.18 Å². The Labute approximate surface area is 112 Å². The van der Waals surface area contributed by atoms with Gasteiger partial charge in [0.05, 0.1) is 6.61 Å². The molecule has 0 aliphatic carbocycles. The average molecular weight is 300 g/mol. The van der Waals surface area contributed by atoms with Gasteiger partial charge in [-0.3, -0.25) is 0 Å². The van der Waals surface area contributed by atoms with Gasteiger partial charge in [0.1, 0.15) is 0 Å². The van der Waals surface area contributed by atoms with Crippen molar-refractivity contribution < 1.29 is 26.1 Å². The van der Waals surface area contributed by atoms with Gasteiger partial charge in [-0.1, -0.05) is 17.7 Å². The lowest BCUT2D eigenvalue weighted by Gasteiger charge is -2.18. The standard InChI is InChI=1S/C12H13F5OS/c1-9-3-5-10(6-4-9)19-18-8-2-7-11(13,14)12(15,16)17/h3-6H,2,7-8H2,1H3. The van der Waals surface area contributed by atoms with E-state index in [0.717, 1.165) is 22.5 Å². The van der Waals surface area contributed by atoms with Gasteiger partial charge in [0.15, 0.2) is 0 Å². The van der Waals surface area contributed by atoms with Gasteiger partial charge in [0.25, 0.3) is 0 Å². The molecular formula is C12H13F5OS. The van der Waals surface area contributed by atoms with Crippen molar-refractivity contribution in [1.82, 2.24) is 0 Å². The topological polar surface area (TPSA) is 9.23 Å². The summed E-state index contributed by atoms with van der Waals surface area (Å²) in [6, 6.07) is 7.27. The Balaban J connectivity index is 2.23. The average Bonchev–Trinajstić information content (AvgIpc) is 2.29. The predicted octanol–water partition coefficient (Wildman–Crippen LogP) is 5.00. The Morgan fingerprint density at radius 3 is 2.16 bits per heavy atom. The van der Waals surface area contributed by atoms with Crippen LogP contribution in [0.1, 0.15) is 18.4 Å². The van der Waals surface area contributed by atoms with E-state index in [1.54, 1.807) is 12.1 Å². The van der Waals surface area contributed by atoms with Crippen molar-refractivity contribution in [2.45, 2.75) is 36.8 Å². The molecule has 0 atom stereocenters. The van der Waals surface area contributed by atoms with E-state index in [-0.39, 0.29) is 13.0 Å². The summed E-state index contributed by atoms with van der Waals surface area (Å²) in [5.41, 5.74) is 1.06. The monoisotopic (exact) mass is 300 g/mol. The van der Waals surface area contributed by atoms with Crippen molar-refractivity contribution in [1.29, 1.82) is 0 Å². The van der Waals surface area contributed by atoms with E-state index in [2.05, 4.69) is 0 Å². The maximum atomic E-state index is 12.5. The van der Waals surface area contributed by atoms with Crippen LogP contribution in [-0.4, -0.2) is 18.7 Å². The highest BCUT2D eigenvalue weighted by Crippen LogP contribution is 2.38. The summed E-state index contributed by atoms with van der Waals surface area (Å²) in [5.74, 6) is -4.65. The largest absolute Gasteiger partial charge is 0.453 e. The van der Waals surface area contributed by atoms with E-state index in [1.165, 1.54) is 0 Å². The van der Waals surface area contributed by atoms with Crippen molar-refractivity contribution in [3.63, 3.8) is 0 Å². The molecule has 0 spiro atoms. The van der Waals surface area contributed by atoms with Crippen LogP contribution in [0.3, 0.4) is 0 Å². The normalized spacial score (nSPS) is 12.7. The SMILES string of the molecule is Cc1ccc(SOCCCC(F)(F)C(F)(F)F)cc1. The summed E-state index contributed by atoms with van der Waals surface area (Å²) in [4.78, 5) is 0.771. The minimum atomic E-state index is -5.49. The first-order chi connectivity index (χ1) is 8.72. The number of hydrogen-bond acceptors (Lipinski definition) is 2. The van der Waals surface area contributed by atoms with Gasteiger partial charge in [0.2, 0.25) is 0 Å². The molecule has 0 saturated carbocycles. The van der Waals surface area contributed by atoms with Crippen molar-refractivity contribution in [2.75, 3.05) is 6.61 Å². The van der Waals surface area contributed by atoms with Crippen LogP contribution >= 0.6 is 12.0 Å². The molecule has 0 aromatic heterocycles. The third-order valence-electron chi connectivity index (χ3n) is 2.31. The number of halogens is 5. The molecule has 0 heterocycles. The maximum absolute atomic E-state index is 12.5. The number of hydrogen-bond donors (Lipinski definition) is 0. The first kappa shape index (κ1) is 16.2. The zero-order valence-corrected chi connectivity index (χ0v) is 11.0. The van der Waals surface area contributed by atoms with E-state index in [9.17, 15) is 22.0 Å². The lowest BCUT2D eigenvalue weighted by atomic mass is 10.2. The molecule has 1 aromatic carbocycles. The zero-order valence-electron chi connectivity index (χ0n) is 10.1. The van der Waals surface area contributed by atoms with Gasteiger partial charge in [-0.15, -0.1) is 0 Å². The Bertz CT molecular complexity index is 388. The molecule has 1 aromatic rings. The Kier molecular flexibility index (Phi) is 5.61. The van der Waals surface area contributed by atoms with Crippen LogP contribution in [0, 0.1) is 6.92 Å². The molecule has 19 heavy (non-hydrogen) atoms. The second-order valence-corrected chi connectivity index (χ2v) is 4.90. The molecule has 0 fully saturated rings. The lowest BCUT2D eigenvalue weighted by Crippen LogP contribution is -2.36. The van der Waals surface area contributed by atoms with E-state index in [0.29, 0.717) is 0 Å². The van der Waals surface area contributed by atoms with Crippen molar-refractivity contribution in [2.24, 2.45) is 0 Å². The molecule has 0 radical (unpaired) electrons. The van der Waals surface area contributed by atoms with E-state index >= 15 is 0 Å². The number of rotatable bonds is 6. The molecule has 0 N–H and O–H groups in total. The highest BCUT2D eigenvalue weighted by atomic mass is 32.2. The maximum Gasteiger partial charge on any atom is 0.453 e. The molecule has 1 rings (SSSR count). The van der Waals surface area contributed by atoms with Crippen LogP contribution in [0.5, 0.6) is 0 Å². The Morgan fingerprint density at radius 1 is 1.05 bits per heavy atom. The van der Waals surface area contributed by atoms with E-state index < -0.39 is 18.5 Å². The quantitative estimate of drug-likeness (QED) is 0.415. The molecule has 0 saturated heterocycles. The Morgan fingerprint density at radius 2 is 1.63 bits per heavy atom. The third-order valence-corrected chi connectivity index (χ3v) is 3.06. The third kappa shape index (κ3) is 5.36. The molecule has 0 aliphatic heterocycles. The van der Waals surface area contributed by atoms with Crippen molar-refractivity contribution in [3.05, 3.63) is 29.8 Å². The molecule has 0 unspecified atom stereocenters. The fourth-order valence-electron chi connectivity index (χ4n) is 1.20. The molecule has 0 aliphatic rings. The minimum Gasteiger partial charge on any atom is -0.310 e. The van der Waals surface area contributed by atoms with Gasteiger partial charge in [-0.25, -0.2) is 0 Å². The van der Waals surface area contributed by atoms with Gasteiger partial charge < -0.3 is 4.18 Å². The summed E-state index contributed by atoms with van der Waals surface area (Å²) in [5, 5.41) is 0. The van der Waals surface area contributed by atoms with Gasteiger partial charge in [0, 0.05) is 23.4 Å². The fourth-order valence-corrected chi connectivity index (χ4v) is 1.78. The molecule has 108 valence electrons. The summed E-state index contributed by atoms with van der Waals surface area (Å²) >= 11 is 0.961. The molecule has 7 heteroatoms. The van der Waals surface area contributed by atoms with Crippen molar-refractivity contribution in [3.8, 4) is 0 Å². The molecule has 0 bridgehead atoms. The Hall–Kier alpha value is -0.820. The van der Waals surface area contributed by atoms with Crippen molar-refractivity contribution >= 4 is 12.0 Å². The lowest BCUT2D eigenvalue weighted by molar-refractivity contribution is -0.284. The fraction of sp³-hybridized carbons (Fsp3) is 0.500. The smallest absolute Gasteiger partial charge is 0.310 e. The van der Waals surface area contributed by atoms with E-state index in [1.807, 2.05) is 19.1 Å².